The molecule has 3 N–H and O–H groups in total. The van der Waals surface area contributed by atoms with Crippen LogP contribution >= 0.6 is 0 Å². The van der Waals surface area contributed by atoms with Crippen LogP contribution in [0.3, 0.4) is 0 Å². The molecule has 0 spiro atoms. The van der Waals surface area contributed by atoms with E-state index < -0.39 is 6.10 Å². The maximum Gasteiger partial charge on any atom is 0.191 e. The molecule has 6 heteroatoms. The van der Waals surface area contributed by atoms with Gasteiger partial charge in [-0.05, 0) is 37.1 Å². The highest BCUT2D eigenvalue weighted by Crippen LogP contribution is 2.26. The number of rotatable bonds is 9. The van der Waals surface area contributed by atoms with Crippen molar-refractivity contribution in [3.05, 3.63) is 59.7 Å². The molecule has 0 aliphatic rings. The van der Waals surface area contributed by atoms with Gasteiger partial charge < -0.3 is 25.2 Å². The monoisotopic (exact) mass is 399 g/mol. The topological polar surface area (TPSA) is 75.1 Å². The largest absolute Gasteiger partial charge is 0.497 e. The van der Waals surface area contributed by atoms with E-state index in [1.807, 2.05) is 13.0 Å². The van der Waals surface area contributed by atoms with Gasteiger partial charge in [-0.15, -0.1) is 0 Å². The molecule has 0 radical (unpaired) electrons. The van der Waals surface area contributed by atoms with E-state index in [0.29, 0.717) is 28.9 Å². The number of hydrogen-bond donors (Lipinski definition) is 3. The minimum atomic E-state index is -0.767. The van der Waals surface area contributed by atoms with E-state index in [-0.39, 0.29) is 12.6 Å². The van der Waals surface area contributed by atoms with E-state index in [4.69, 9.17) is 9.47 Å². The molecule has 0 bridgehead atoms. The van der Waals surface area contributed by atoms with Gasteiger partial charge in [-0.2, -0.15) is 0 Å². The van der Waals surface area contributed by atoms with Crippen molar-refractivity contribution in [2.45, 2.75) is 38.8 Å². The molecule has 2 aromatic carbocycles. The Bertz CT molecular complexity index is 758. The number of nitrogens with one attached hydrogen (secondary N) is 2. The van der Waals surface area contributed by atoms with Crippen molar-refractivity contribution in [1.29, 1.82) is 0 Å². The second kappa shape index (κ2) is 11.3. The number of hydrogen-bond acceptors (Lipinski definition) is 4. The lowest BCUT2D eigenvalue weighted by atomic mass is 9.94. The Morgan fingerprint density at radius 2 is 1.62 bits per heavy atom. The fourth-order valence-corrected chi connectivity index (χ4v) is 3.01. The van der Waals surface area contributed by atoms with Crippen LogP contribution in [0.2, 0.25) is 0 Å². The molecule has 3 atom stereocenters. The lowest BCUT2D eigenvalue weighted by Crippen LogP contribution is -2.44. The first-order valence-corrected chi connectivity index (χ1v) is 9.99. The molecule has 2 aromatic rings. The van der Waals surface area contributed by atoms with Crippen molar-refractivity contribution >= 4 is 5.96 Å². The molecular formula is C23H33N3O3. The van der Waals surface area contributed by atoms with Crippen molar-refractivity contribution in [2.75, 3.05) is 27.3 Å². The van der Waals surface area contributed by atoms with Crippen molar-refractivity contribution in [3.8, 4) is 11.5 Å². The van der Waals surface area contributed by atoms with Gasteiger partial charge >= 0.3 is 0 Å². The fraction of sp³-hybridized carbons (Fsp3) is 0.435. The third-order valence-corrected chi connectivity index (χ3v) is 4.96. The van der Waals surface area contributed by atoms with Gasteiger partial charge in [0.15, 0.2) is 5.96 Å². The van der Waals surface area contributed by atoms with Crippen LogP contribution in [0.25, 0.3) is 0 Å². The summed E-state index contributed by atoms with van der Waals surface area (Å²) < 4.78 is 10.6. The van der Waals surface area contributed by atoms with Gasteiger partial charge in [0.25, 0.3) is 0 Å². The zero-order valence-electron chi connectivity index (χ0n) is 18.0. The smallest absolute Gasteiger partial charge is 0.191 e. The van der Waals surface area contributed by atoms with Gasteiger partial charge in [0.2, 0.25) is 0 Å². The average molecular weight is 400 g/mol. The number of aliphatic imine (C=N–C) groups is 1. The molecule has 0 saturated heterocycles. The molecule has 0 aliphatic heterocycles. The van der Waals surface area contributed by atoms with Crippen molar-refractivity contribution < 1.29 is 14.6 Å². The van der Waals surface area contributed by atoms with Crippen molar-refractivity contribution in [3.63, 3.8) is 0 Å². The highest BCUT2D eigenvalue weighted by molar-refractivity contribution is 5.80. The van der Waals surface area contributed by atoms with Gasteiger partial charge in [-0.25, -0.2) is 0 Å². The van der Waals surface area contributed by atoms with Crippen molar-refractivity contribution in [2.24, 2.45) is 4.99 Å². The Kier molecular flexibility index (Phi) is 8.80. The van der Waals surface area contributed by atoms with E-state index in [0.717, 1.165) is 6.54 Å². The molecule has 0 amide bonds. The van der Waals surface area contributed by atoms with Crippen LogP contribution in [0.5, 0.6) is 11.5 Å². The van der Waals surface area contributed by atoms with Crippen LogP contribution in [0.15, 0.2) is 53.5 Å². The molecule has 6 nitrogen and oxygen atoms in total. The number of aliphatic hydroxyl groups is 1. The Morgan fingerprint density at radius 3 is 2.17 bits per heavy atom. The van der Waals surface area contributed by atoms with Crippen molar-refractivity contribution in [1.82, 2.24) is 10.6 Å². The number of benzene rings is 2. The fourth-order valence-electron chi connectivity index (χ4n) is 3.01. The summed E-state index contributed by atoms with van der Waals surface area (Å²) in [6.07, 6.45) is -0.767. The lowest BCUT2D eigenvalue weighted by molar-refractivity contribution is 0.186. The molecule has 158 valence electrons. The predicted molar refractivity (Wildman–Crippen MR) is 118 cm³/mol. The second-order valence-corrected chi connectivity index (χ2v) is 7.01. The Balaban J connectivity index is 2.08. The minimum Gasteiger partial charge on any atom is -0.497 e. The summed E-state index contributed by atoms with van der Waals surface area (Å²) in [7, 11) is 3.18. The third-order valence-electron chi connectivity index (χ3n) is 4.96. The maximum atomic E-state index is 10.6. The zero-order chi connectivity index (χ0) is 21.2. The van der Waals surface area contributed by atoms with E-state index >= 15 is 0 Å². The zero-order valence-corrected chi connectivity index (χ0v) is 18.0. The van der Waals surface area contributed by atoms with Gasteiger partial charge in [0.1, 0.15) is 11.5 Å². The number of methoxy groups -OCH3 is 2. The molecule has 0 fully saturated rings. The number of ether oxygens (including phenoxy) is 2. The van der Waals surface area contributed by atoms with E-state index in [9.17, 15) is 5.11 Å². The summed E-state index contributed by atoms with van der Waals surface area (Å²) >= 11 is 0. The molecule has 0 heterocycles. The van der Waals surface area contributed by atoms with Gasteiger partial charge in [0.05, 0.1) is 26.9 Å². The SMILES string of the molecule is CCNC(=NCC(O)c1cc(OC)cc(OC)c1)NC(C)C(C)c1ccccc1. The summed E-state index contributed by atoms with van der Waals surface area (Å²) in [5.41, 5.74) is 1.97. The van der Waals surface area contributed by atoms with Gasteiger partial charge in [0, 0.05) is 24.6 Å². The number of aliphatic hydroxyl groups excluding tert-OH is 1. The molecule has 2 rings (SSSR count). The first kappa shape index (κ1) is 22.6. The van der Waals surface area contributed by atoms with E-state index in [2.05, 4.69) is 53.7 Å². The van der Waals surface area contributed by atoms with Gasteiger partial charge in [-0.3, -0.25) is 4.99 Å². The minimum absolute atomic E-state index is 0.171. The molecule has 29 heavy (non-hydrogen) atoms. The first-order valence-electron chi connectivity index (χ1n) is 9.99. The lowest BCUT2D eigenvalue weighted by Gasteiger charge is -2.24. The van der Waals surface area contributed by atoms with Crippen LogP contribution in [0.1, 0.15) is 43.9 Å². The van der Waals surface area contributed by atoms with Crippen LogP contribution < -0.4 is 20.1 Å². The van der Waals surface area contributed by atoms with Crippen LogP contribution in [0.4, 0.5) is 0 Å². The van der Waals surface area contributed by atoms with Crippen LogP contribution in [-0.2, 0) is 0 Å². The predicted octanol–water partition coefficient (Wildman–Crippen LogP) is 3.48. The van der Waals surface area contributed by atoms with Crippen LogP contribution in [-0.4, -0.2) is 44.4 Å². The molecule has 0 aromatic heterocycles. The molecular weight excluding hydrogens is 366 g/mol. The Labute approximate surface area is 174 Å². The average Bonchev–Trinajstić information content (AvgIpc) is 2.76. The number of nitrogens with zero attached hydrogens (tertiary/aromatic N) is 1. The maximum absolute atomic E-state index is 10.6. The number of guanidine groups is 1. The Morgan fingerprint density at radius 1 is 1.00 bits per heavy atom. The summed E-state index contributed by atoms with van der Waals surface area (Å²) in [4.78, 5) is 4.58. The molecule has 3 unspecified atom stereocenters. The van der Waals surface area contributed by atoms with Crippen LogP contribution in [0, 0.1) is 0 Å². The molecule has 0 aliphatic carbocycles. The highest BCUT2D eigenvalue weighted by Gasteiger charge is 2.16. The quantitative estimate of drug-likeness (QED) is 0.445. The summed E-state index contributed by atoms with van der Waals surface area (Å²) in [6.45, 7) is 7.30. The summed E-state index contributed by atoms with van der Waals surface area (Å²) in [5.74, 6) is 2.26. The first-order chi connectivity index (χ1) is 14.0. The van der Waals surface area contributed by atoms with Gasteiger partial charge in [-0.1, -0.05) is 37.3 Å². The second-order valence-electron chi connectivity index (χ2n) is 7.01. The molecule has 0 saturated carbocycles. The van der Waals surface area contributed by atoms with E-state index in [1.165, 1.54) is 5.56 Å². The van der Waals surface area contributed by atoms with E-state index in [1.54, 1.807) is 32.4 Å². The third kappa shape index (κ3) is 6.68. The Hall–Kier alpha value is -2.73. The highest BCUT2D eigenvalue weighted by atomic mass is 16.5. The normalized spacial score (nSPS) is 14.6. The summed E-state index contributed by atoms with van der Waals surface area (Å²) in [6, 6.07) is 15.9. The summed E-state index contributed by atoms with van der Waals surface area (Å²) in [5, 5.41) is 17.3. The standard InChI is InChI=1S/C23H33N3O3/c1-6-24-23(26-17(3)16(2)18-10-8-7-9-11-18)25-15-22(27)19-12-20(28-4)14-21(13-19)29-5/h7-14,16-17,22,27H,6,15H2,1-5H3,(H2,24,25,26).